The molecule has 0 aliphatic carbocycles. The molecule has 1 aliphatic rings. The fourth-order valence-corrected chi connectivity index (χ4v) is 4.90. The van der Waals surface area contributed by atoms with Gasteiger partial charge in [-0.25, -0.2) is 8.42 Å². The minimum Gasteiger partial charge on any atom is -0.493 e. The van der Waals surface area contributed by atoms with Crippen molar-refractivity contribution in [1.82, 2.24) is 9.21 Å². The van der Waals surface area contributed by atoms with Crippen LogP contribution in [-0.2, 0) is 20.1 Å². The van der Waals surface area contributed by atoms with Gasteiger partial charge in [0.2, 0.25) is 10.0 Å². The predicted molar refractivity (Wildman–Crippen MR) is 97.2 cm³/mol. The van der Waals surface area contributed by atoms with Gasteiger partial charge in [-0.15, -0.1) is 0 Å². The number of ether oxygens (including phenoxy) is 2. The van der Waals surface area contributed by atoms with Crippen LogP contribution in [0, 0.1) is 0 Å². The lowest BCUT2D eigenvalue weighted by atomic mass is 10.3. The highest BCUT2D eigenvalue weighted by Gasteiger charge is 2.30. The maximum absolute atomic E-state index is 12.8. The predicted octanol–water partition coefficient (Wildman–Crippen LogP) is -0.741. The number of β-amino-alcohol motifs (C(OH)–C–C–N with tert-alkyl or cyclic N) is 1. The molecule has 2 rings (SSSR count). The van der Waals surface area contributed by atoms with Crippen LogP contribution >= 0.6 is 0 Å². The molecular weight excluding hydrogens is 400 g/mol. The molecule has 0 saturated carbocycles. The van der Waals surface area contributed by atoms with Crippen LogP contribution in [0.3, 0.4) is 0 Å². The third-order valence-corrected chi connectivity index (χ3v) is 6.90. The summed E-state index contributed by atoms with van der Waals surface area (Å²) in [6.07, 6.45) is -1.24. The summed E-state index contributed by atoms with van der Waals surface area (Å²) in [5.41, 5.74) is 0. The van der Waals surface area contributed by atoms with Crippen LogP contribution in [0.4, 0.5) is 0 Å². The zero-order chi connectivity index (χ0) is 20.2. The van der Waals surface area contributed by atoms with Gasteiger partial charge in [-0.2, -0.15) is 12.7 Å². The fraction of sp³-hybridized carbons (Fsp3) is 0.600. The van der Waals surface area contributed by atoms with Gasteiger partial charge in [0.05, 0.1) is 25.2 Å². The van der Waals surface area contributed by atoms with Crippen molar-refractivity contribution in [3.05, 3.63) is 18.2 Å². The average Bonchev–Trinajstić information content (AvgIpc) is 2.59. The molecule has 27 heavy (non-hydrogen) atoms. The molecule has 1 atom stereocenters. The molecule has 1 aromatic carbocycles. The Morgan fingerprint density at radius 2 is 1.63 bits per heavy atom. The Morgan fingerprint density at radius 1 is 1.04 bits per heavy atom. The van der Waals surface area contributed by atoms with Gasteiger partial charge < -0.3 is 14.6 Å². The van der Waals surface area contributed by atoms with Crippen molar-refractivity contribution >= 4 is 20.1 Å². The Bertz CT molecular complexity index is 849. The summed E-state index contributed by atoms with van der Waals surface area (Å²) < 4.78 is 67.6. The largest absolute Gasteiger partial charge is 0.493 e. The lowest BCUT2D eigenvalue weighted by molar-refractivity contribution is 0.104. The third-order valence-electron chi connectivity index (χ3n) is 4.20. The van der Waals surface area contributed by atoms with Crippen molar-refractivity contribution in [2.45, 2.75) is 11.0 Å². The van der Waals surface area contributed by atoms with E-state index < -0.39 is 32.0 Å². The van der Waals surface area contributed by atoms with Crippen molar-refractivity contribution < 1.29 is 36.0 Å². The van der Waals surface area contributed by atoms with Gasteiger partial charge in [0.25, 0.3) is 10.1 Å². The van der Waals surface area contributed by atoms with Gasteiger partial charge >= 0.3 is 0 Å². The average molecular weight is 424 g/mol. The number of sulfonamides is 1. The second-order valence-electron chi connectivity index (χ2n) is 6.12. The number of nitrogens with zero attached hydrogens (tertiary/aromatic N) is 2. The molecule has 0 aromatic heterocycles. The molecule has 1 saturated heterocycles. The molecule has 0 bridgehead atoms. The van der Waals surface area contributed by atoms with Gasteiger partial charge in [0.15, 0.2) is 11.5 Å². The highest BCUT2D eigenvalue weighted by Crippen LogP contribution is 2.30. The zero-order valence-corrected chi connectivity index (χ0v) is 16.7. The molecule has 1 fully saturated rings. The summed E-state index contributed by atoms with van der Waals surface area (Å²) in [7, 11) is -5.11. The first-order chi connectivity index (χ1) is 12.6. The molecule has 2 N–H and O–H groups in total. The minimum atomic E-state index is -4.26. The number of benzene rings is 1. The van der Waals surface area contributed by atoms with E-state index in [0.29, 0.717) is 24.6 Å². The van der Waals surface area contributed by atoms with Crippen LogP contribution < -0.4 is 9.47 Å². The van der Waals surface area contributed by atoms with Gasteiger partial charge in [-0.3, -0.25) is 9.45 Å². The molecule has 0 amide bonds. The molecule has 1 aromatic rings. The van der Waals surface area contributed by atoms with Crippen molar-refractivity contribution in [2.75, 3.05) is 52.7 Å². The van der Waals surface area contributed by atoms with Crippen molar-refractivity contribution in [3.63, 3.8) is 0 Å². The van der Waals surface area contributed by atoms with Crippen LogP contribution in [0.5, 0.6) is 11.5 Å². The number of aliphatic hydroxyl groups is 1. The van der Waals surface area contributed by atoms with Crippen molar-refractivity contribution in [2.24, 2.45) is 0 Å². The first kappa shape index (κ1) is 21.9. The molecule has 1 unspecified atom stereocenters. The summed E-state index contributed by atoms with van der Waals surface area (Å²) in [5, 5.41) is 9.71. The topological polar surface area (TPSA) is 134 Å². The molecule has 1 aliphatic heterocycles. The molecule has 0 spiro atoms. The standard InChI is InChI=1S/C15H24N2O8S2/c1-24-14-4-3-13(9-15(14)25-2)27(22,23)17-7-5-16(6-8-17)10-12(18)11-26(19,20)21/h3-4,9,12,18H,5-8,10-11H2,1-2H3,(H,19,20,21). The van der Waals surface area contributed by atoms with Gasteiger partial charge in [-0.05, 0) is 12.1 Å². The van der Waals surface area contributed by atoms with Crippen LogP contribution in [0.1, 0.15) is 0 Å². The fourth-order valence-electron chi connectivity index (χ4n) is 2.87. The first-order valence-electron chi connectivity index (χ1n) is 8.14. The van der Waals surface area contributed by atoms with Crippen LogP contribution in [0.15, 0.2) is 23.1 Å². The van der Waals surface area contributed by atoms with E-state index in [0.717, 1.165) is 0 Å². The molecular formula is C15H24N2O8S2. The van der Waals surface area contributed by atoms with Gasteiger partial charge in [-0.1, -0.05) is 0 Å². The van der Waals surface area contributed by atoms with Crippen molar-refractivity contribution in [1.29, 1.82) is 0 Å². The maximum Gasteiger partial charge on any atom is 0.267 e. The number of piperazine rings is 1. The summed E-state index contributed by atoms with van der Waals surface area (Å²) in [5.74, 6) is -0.0170. The number of rotatable bonds is 8. The smallest absolute Gasteiger partial charge is 0.267 e. The van der Waals surface area contributed by atoms with E-state index in [-0.39, 0.29) is 24.5 Å². The Morgan fingerprint density at radius 3 is 2.15 bits per heavy atom. The number of methoxy groups -OCH3 is 2. The van der Waals surface area contributed by atoms with E-state index in [4.69, 9.17) is 14.0 Å². The minimum absolute atomic E-state index is 0.0318. The number of aliphatic hydroxyl groups excluding tert-OH is 1. The summed E-state index contributed by atoms with van der Waals surface area (Å²) >= 11 is 0. The Kier molecular flexibility index (Phi) is 7.05. The van der Waals surface area contributed by atoms with E-state index in [1.165, 1.54) is 36.7 Å². The molecule has 12 heteroatoms. The Hall–Kier alpha value is -1.44. The van der Waals surface area contributed by atoms with Crippen LogP contribution in [-0.4, -0.2) is 94.5 Å². The van der Waals surface area contributed by atoms with Crippen LogP contribution in [0.25, 0.3) is 0 Å². The summed E-state index contributed by atoms with van der Waals surface area (Å²) in [6.45, 7) is 1.07. The van der Waals surface area contributed by atoms with E-state index >= 15 is 0 Å². The number of hydrogen-bond acceptors (Lipinski definition) is 8. The third kappa shape index (κ3) is 5.77. The molecule has 0 radical (unpaired) electrons. The van der Waals surface area contributed by atoms with Crippen LogP contribution in [0.2, 0.25) is 0 Å². The normalized spacial score (nSPS) is 18.2. The van der Waals surface area contributed by atoms with Crippen molar-refractivity contribution in [3.8, 4) is 11.5 Å². The van der Waals surface area contributed by atoms with E-state index in [9.17, 15) is 21.9 Å². The monoisotopic (exact) mass is 424 g/mol. The SMILES string of the molecule is COc1ccc(S(=O)(=O)N2CCN(CC(O)CS(=O)(=O)O)CC2)cc1OC. The quantitative estimate of drug-likeness (QED) is 0.517. The molecule has 1 heterocycles. The zero-order valence-electron chi connectivity index (χ0n) is 15.1. The van der Waals surface area contributed by atoms with Gasteiger partial charge in [0, 0.05) is 38.8 Å². The van der Waals surface area contributed by atoms with E-state index in [1.54, 1.807) is 4.90 Å². The highest BCUT2D eigenvalue weighted by molar-refractivity contribution is 7.89. The molecule has 154 valence electrons. The Labute approximate surface area is 159 Å². The van der Waals surface area contributed by atoms with E-state index in [2.05, 4.69) is 0 Å². The van der Waals surface area contributed by atoms with E-state index in [1.807, 2.05) is 0 Å². The molecule has 10 nitrogen and oxygen atoms in total. The van der Waals surface area contributed by atoms with Gasteiger partial charge in [0.1, 0.15) is 5.75 Å². The second kappa shape index (κ2) is 8.71. The lowest BCUT2D eigenvalue weighted by Gasteiger charge is -2.34. The first-order valence-corrected chi connectivity index (χ1v) is 11.2. The summed E-state index contributed by atoms with van der Waals surface area (Å²) in [6, 6.07) is 4.36. The lowest BCUT2D eigenvalue weighted by Crippen LogP contribution is -2.50. The second-order valence-corrected chi connectivity index (χ2v) is 9.56. The summed E-state index contributed by atoms with van der Waals surface area (Å²) in [4.78, 5) is 1.83. The maximum atomic E-state index is 12.8. The highest BCUT2D eigenvalue weighted by atomic mass is 32.2. The number of hydrogen-bond donors (Lipinski definition) is 2. The Balaban J connectivity index is 2.02.